The fourth-order valence-electron chi connectivity index (χ4n) is 5.69. The molecule has 6 aromatic carbocycles. The number of para-hydroxylation sites is 4. The minimum Gasteiger partial charge on any atom is -1.00 e. The summed E-state index contributed by atoms with van der Waals surface area (Å²) in [6.07, 6.45) is 0. The lowest BCUT2D eigenvalue weighted by Crippen LogP contribution is -3.00. The molecule has 0 spiro atoms. The van der Waals surface area contributed by atoms with Crippen molar-refractivity contribution in [3.05, 3.63) is 193 Å². The average Bonchev–Trinajstić information content (AvgIpc) is 3.81. The lowest BCUT2D eigenvalue weighted by Gasteiger charge is -2.26. The van der Waals surface area contributed by atoms with Crippen LogP contribution in [-0.4, -0.2) is 17.1 Å². The number of quaternary nitrogens is 2. The van der Waals surface area contributed by atoms with E-state index in [0.29, 0.717) is 0 Å². The molecule has 1 N–H and O–H groups in total. The fourth-order valence-corrected chi connectivity index (χ4v) is 5.69. The van der Waals surface area contributed by atoms with Crippen molar-refractivity contribution in [3.63, 3.8) is 0 Å². The van der Waals surface area contributed by atoms with Crippen LogP contribution in [-0.2, 0) is 0 Å². The highest BCUT2D eigenvalue weighted by molar-refractivity contribution is 6.10. The minimum absolute atomic E-state index is 0. The third-order valence-corrected chi connectivity index (χ3v) is 7.82. The summed E-state index contributed by atoms with van der Waals surface area (Å²) >= 11 is 0. The average molecular weight is 651 g/mol. The van der Waals surface area contributed by atoms with E-state index in [1.54, 1.807) is 0 Å². The number of rotatable bonds is 6. The SMILES string of the molecule is [Cl-].[OH-].c1ccc(C2=NN=N[N+]2(c2ccccc2)c2ccccc2)cc1.c1ccc(C2=NN=N[N+]2(c2ccccc2)c2ccccc2)cc1. The van der Waals surface area contributed by atoms with Crippen molar-refractivity contribution in [2.75, 3.05) is 0 Å². The summed E-state index contributed by atoms with van der Waals surface area (Å²) in [4.78, 5) is 0. The van der Waals surface area contributed by atoms with Crippen molar-refractivity contribution >= 4 is 34.4 Å². The monoisotopic (exact) mass is 650 g/mol. The zero-order valence-electron chi connectivity index (χ0n) is 25.7. The van der Waals surface area contributed by atoms with E-state index in [9.17, 15) is 0 Å². The lowest BCUT2D eigenvalue weighted by molar-refractivity contribution is -0.0000102. The topological polar surface area (TPSA) is 104 Å². The van der Waals surface area contributed by atoms with Crippen molar-refractivity contribution in [1.82, 2.24) is 9.18 Å². The molecule has 0 radical (unpaired) electrons. The van der Waals surface area contributed by atoms with Gasteiger partial charge in [-0.05, 0) is 24.3 Å². The summed E-state index contributed by atoms with van der Waals surface area (Å²) < 4.78 is 0.289. The normalized spacial score (nSPS) is 14.8. The van der Waals surface area contributed by atoms with Gasteiger partial charge in [0.1, 0.15) is 0 Å². The maximum Gasteiger partial charge on any atom is 0.294 e. The summed E-state index contributed by atoms with van der Waals surface area (Å²) in [5.74, 6) is 1.59. The van der Waals surface area contributed by atoms with Crippen LogP contribution in [0.5, 0.6) is 0 Å². The number of hydrogen-bond donors (Lipinski definition) is 0. The summed E-state index contributed by atoms with van der Waals surface area (Å²) in [5, 5.41) is 25.8. The first-order chi connectivity index (χ1) is 22.8. The van der Waals surface area contributed by atoms with Crippen LogP contribution in [0.2, 0.25) is 0 Å². The lowest BCUT2D eigenvalue weighted by atomic mass is 10.1. The molecule has 0 amide bonds. The van der Waals surface area contributed by atoms with Crippen LogP contribution in [0.1, 0.15) is 11.1 Å². The van der Waals surface area contributed by atoms with E-state index in [1.165, 1.54) is 0 Å². The number of amidine groups is 2. The van der Waals surface area contributed by atoms with Crippen molar-refractivity contribution < 1.29 is 17.9 Å². The zero-order chi connectivity index (χ0) is 31.1. The van der Waals surface area contributed by atoms with E-state index in [4.69, 9.17) is 0 Å². The molecular formula is C38H31ClN8O. The van der Waals surface area contributed by atoms with Gasteiger partial charge >= 0.3 is 0 Å². The Bertz CT molecular complexity index is 1800. The predicted molar refractivity (Wildman–Crippen MR) is 186 cm³/mol. The number of nitrogens with zero attached hydrogens (tertiary/aromatic N) is 8. The Labute approximate surface area is 285 Å². The molecule has 0 aliphatic carbocycles. The van der Waals surface area contributed by atoms with Crippen LogP contribution in [0.4, 0.5) is 22.7 Å². The van der Waals surface area contributed by atoms with E-state index in [1.807, 2.05) is 133 Å². The van der Waals surface area contributed by atoms with E-state index < -0.39 is 0 Å². The van der Waals surface area contributed by atoms with Gasteiger partial charge < -0.3 is 17.9 Å². The van der Waals surface area contributed by atoms with Crippen LogP contribution in [0.15, 0.2) is 213 Å². The van der Waals surface area contributed by atoms with Crippen molar-refractivity contribution in [2.45, 2.75) is 0 Å². The van der Waals surface area contributed by atoms with Crippen LogP contribution < -0.4 is 21.6 Å². The Balaban J connectivity index is 0.000000180. The van der Waals surface area contributed by atoms with Gasteiger partial charge in [-0.15, -0.1) is 0 Å². The second-order valence-electron chi connectivity index (χ2n) is 10.6. The number of halogens is 1. The molecule has 0 unspecified atom stereocenters. The Morgan fingerprint density at radius 3 is 0.792 bits per heavy atom. The zero-order valence-corrected chi connectivity index (χ0v) is 26.5. The quantitative estimate of drug-likeness (QED) is 0.179. The Morgan fingerprint density at radius 1 is 0.312 bits per heavy atom. The standard InChI is InChI=1S/2C19H15N4.ClH.H2O/c2*1-4-10-16(11-5-1)19-20-21-22-23(19,17-12-6-2-7-13-17)18-14-8-3-9-15-18;;/h2*1-15H;1H;1H2/q2*+1;;/p-2. The Kier molecular flexibility index (Phi) is 10.5. The molecule has 0 saturated heterocycles. The highest BCUT2D eigenvalue weighted by atomic mass is 35.5. The first-order valence-electron chi connectivity index (χ1n) is 15.0. The van der Waals surface area contributed by atoms with E-state index >= 15 is 0 Å². The molecule has 6 aromatic rings. The van der Waals surface area contributed by atoms with Crippen LogP contribution >= 0.6 is 0 Å². The van der Waals surface area contributed by atoms with Crippen molar-refractivity contribution in [1.29, 1.82) is 0 Å². The Morgan fingerprint density at radius 2 is 0.542 bits per heavy atom. The van der Waals surface area contributed by atoms with Gasteiger partial charge in [0.2, 0.25) is 0 Å². The van der Waals surface area contributed by atoms with Gasteiger partial charge in [-0.25, -0.2) is 0 Å². The maximum atomic E-state index is 4.52. The molecule has 2 aliphatic rings. The summed E-state index contributed by atoms with van der Waals surface area (Å²) in [6, 6.07) is 60.6. The second-order valence-corrected chi connectivity index (χ2v) is 10.6. The first kappa shape index (κ1) is 33.4. The van der Waals surface area contributed by atoms with Crippen LogP contribution in [0.3, 0.4) is 0 Å². The molecule has 236 valence electrons. The van der Waals surface area contributed by atoms with E-state index in [0.717, 1.165) is 45.5 Å². The highest BCUT2D eigenvalue weighted by Gasteiger charge is 2.47. The molecule has 0 fully saturated rings. The van der Waals surface area contributed by atoms with Gasteiger partial charge in [-0.2, -0.15) is 0 Å². The largest absolute Gasteiger partial charge is 1.00 e. The molecule has 0 bridgehead atoms. The molecule has 0 atom stereocenters. The third-order valence-electron chi connectivity index (χ3n) is 7.82. The molecular weight excluding hydrogens is 620 g/mol. The molecule has 9 nitrogen and oxygen atoms in total. The third kappa shape index (κ3) is 6.09. The summed E-state index contributed by atoms with van der Waals surface area (Å²) in [6.45, 7) is 0. The molecule has 8 rings (SSSR count). The second kappa shape index (κ2) is 15.1. The molecule has 0 aromatic heterocycles. The molecule has 48 heavy (non-hydrogen) atoms. The van der Waals surface area contributed by atoms with Gasteiger partial charge in [-0.3, -0.25) is 0 Å². The Hall–Kier alpha value is -5.97. The van der Waals surface area contributed by atoms with Crippen molar-refractivity contribution in [2.24, 2.45) is 31.1 Å². The van der Waals surface area contributed by atoms with E-state index in [-0.39, 0.29) is 27.1 Å². The number of benzene rings is 6. The van der Waals surface area contributed by atoms with Crippen molar-refractivity contribution in [3.8, 4) is 0 Å². The molecule has 2 aliphatic heterocycles. The van der Waals surface area contributed by atoms with Crippen LogP contribution in [0.25, 0.3) is 0 Å². The molecule has 0 saturated carbocycles. The fraction of sp³-hybridized carbons (Fsp3) is 0. The first-order valence-corrected chi connectivity index (χ1v) is 15.0. The van der Waals surface area contributed by atoms with Crippen LogP contribution in [0, 0.1) is 0 Å². The highest BCUT2D eigenvalue weighted by Crippen LogP contribution is 2.41. The maximum absolute atomic E-state index is 4.52. The van der Waals surface area contributed by atoms with Gasteiger partial charge in [0.15, 0.2) is 22.7 Å². The smallest absolute Gasteiger partial charge is 0.294 e. The molecule has 10 heteroatoms. The number of hydrogen-bond acceptors (Lipinski definition) is 7. The predicted octanol–water partition coefficient (Wildman–Crippen LogP) is 6.96. The van der Waals surface area contributed by atoms with Gasteiger partial charge in [0, 0.05) is 59.0 Å². The minimum atomic E-state index is 0. The van der Waals surface area contributed by atoms with E-state index in [2.05, 4.69) is 79.6 Å². The van der Waals surface area contributed by atoms with Gasteiger partial charge in [-0.1, -0.05) is 129 Å². The summed E-state index contributed by atoms with van der Waals surface area (Å²) in [5.41, 5.74) is 6.02. The molecule has 2 heterocycles. The van der Waals surface area contributed by atoms with Gasteiger partial charge in [0.05, 0.1) is 21.6 Å². The van der Waals surface area contributed by atoms with Gasteiger partial charge in [0.25, 0.3) is 11.7 Å². The summed E-state index contributed by atoms with van der Waals surface area (Å²) in [7, 11) is 0.